The molecule has 1 amide bonds. The summed E-state index contributed by atoms with van der Waals surface area (Å²) in [5.41, 5.74) is 4.75. The highest BCUT2D eigenvalue weighted by molar-refractivity contribution is 5.96. The maximum Gasteiger partial charge on any atom is 0.241 e. The third-order valence-corrected chi connectivity index (χ3v) is 4.40. The van der Waals surface area contributed by atoms with E-state index in [1.54, 1.807) is 0 Å². The van der Waals surface area contributed by atoms with Crippen LogP contribution in [0.25, 0.3) is 11.1 Å². The van der Waals surface area contributed by atoms with Crippen LogP contribution in [-0.2, 0) is 24.2 Å². The highest BCUT2D eigenvalue weighted by Crippen LogP contribution is 2.21. The van der Waals surface area contributed by atoms with Crippen LogP contribution >= 0.6 is 12.4 Å². The van der Waals surface area contributed by atoms with E-state index in [-0.39, 0.29) is 24.4 Å². The van der Waals surface area contributed by atoms with Crippen LogP contribution in [0.5, 0.6) is 0 Å². The minimum absolute atomic E-state index is 0. The fraction of sp³-hybridized carbons (Fsp3) is 0.263. The summed E-state index contributed by atoms with van der Waals surface area (Å²) >= 11 is 0. The quantitative estimate of drug-likeness (QED) is 0.753. The highest BCUT2D eigenvalue weighted by atomic mass is 35.5. The fourth-order valence-corrected chi connectivity index (χ4v) is 3.07. The number of carbonyl (C=O) groups excluding carboxylic acids is 1. The van der Waals surface area contributed by atoms with Gasteiger partial charge in [-0.15, -0.1) is 12.4 Å². The number of nitrogens with zero attached hydrogens (tertiary/aromatic N) is 1. The van der Waals surface area contributed by atoms with Gasteiger partial charge >= 0.3 is 0 Å². The average molecular weight is 358 g/mol. The minimum Gasteiger partial charge on any atom is -0.441 e. The SMILES string of the molecule is CCc1nc2cc(NC(=O)C3Cc4ccccc4CN3)ccc2o1.Cl. The number of halogens is 1. The molecule has 0 saturated carbocycles. The number of nitrogens with one attached hydrogen (secondary N) is 2. The maximum atomic E-state index is 12.6. The van der Waals surface area contributed by atoms with Crippen LogP contribution in [0.3, 0.4) is 0 Å². The van der Waals surface area contributed by atoms with Gasteiger partial charge in [0.15, 0.2) is 11.5 Å². The molecule has 3 aromatic rings. The van der Waals surface area contributed by atoms with Crippen molar-refractivity contribution >= 4 is 35.1 Å². The first kappa shape index (κ1) is 17.5. The highest BCUT2D eigenvalue weighted by Gasteiger charge is 2.24. The molecule has 0 bridgehead atoms. The van der Waals surface area contributed by atoms with Gasteiger partial charge < -0.3 is 15.1 Å². The molecule has 2 heterocycles. The molecule has 5 nitrogen and oxygen atoms in total. The van der Waals surface area contributed by atoms with Crippen LogP contribution in [0.1, 0.15) is 23.9 Å². The number of hydrogen-bond donors (Lipinski definition) is 2. The molecule has 2 aromatic carbocycles. The molecular formula is C19H20ClN3O2. The van der Waals surface area contributed by atoms with E-state index in [9.17, 15) is 4.79 Å². The van der Waals surface area contributed by atoms with E-state index in [2.05, 4.69) is 27.8 Å². The van der Waals surface area contributed by atoms with Crippen LogP contribution in [0, 0.1) is 0 Å². The summed E-state index contributed by atoms with van der Waals surface area (Å²) in [5, 5.41) is 6.28. The van der Waals surface area contributed by atoms with E-state index in [1.165, 1.54) is 11.1 Å². The van der Waals surface area contributed by atoms with Crippen molar-refractivity contribution in [3.63, 3.8) is 0 Å². The van der Waals surface area contributed by atoms with Crippen molar-refractivity contribution in [3.8, 4) is 0 Å². The maximum absolute atomic E-state index is 12.6. The number of benzene rings is 2. The lowest BCUT2D eigenvalue weighted by Crippen LogP contribution is -2.44. The van der Waals surface area contributed by atoms with Gasteiger partial charge in [0.25, 0.3) is 0 Å². The van der Waals surface area contributed by atoms with Gasteiger partial charge in [-0.3, -0.25) is 4.79 Å². The number of aryl methyl sites for hydroxylation is 1. The van der Waals surface area contributed by atoms with Gasteiger partial charge in [0.2, 0.25) is 5.91 Å². The van der Waals surface area contributed by atoms with Crippen molar-refractivity contribution in [1.82, 2.24) is 10.3 Å². The molecule has 2 N–H and O–H groups in total. The van der Waals surface area contributed by atoms with Crippen molar-refractivity contribution in [1.29, 1.82) is 0 Å². The Bertz CT molecular complexity index is 907. The number of hydrogen-bond acceptors (Lipinski definition) is 4. The topological polar surface area (TPSA) is 67.2 Å². The zero-order chi connectivity index (χ0) is 16.5. The molecule has 130 valence electrons. The molecule has 0 saturated heterocycles. The van der Waals surface area contributed by atoms with Gasteiger partial charge in [0, 0.05) is 18.7 Å². The molecule has 1 aliphatic heterocycles. The lowest BCUT2D eigenvalue weighted by atomic mass is 9.95. The predicted octanol–water partition coefficient (Wildman–Crippen LogP) is 3.47. The molecular weight excluding hydrogens is 338 g/mol. The number of rotatable bonds is 3. The van der Waals surface area contributed by atoms with Crippen molar-refractivity contribution in [2.75, 3.05) is 5.32 Å². The van der Waals surface area contributed by atoms with E-state index in [4.69, 9.17) is 4.42 Å². The molecule has 25 heavy (non-hydrogen) atoms. The summed E-state index contributed by atoms with van der Waals surface area (Å²) in [6.45, 7) is 2.72. The zero-order valence-corrected chi connectivity index (χ0v) is 14.7. The summed E-state index contributed by atoms with van der Waals surface area (Å²) in [6, 6.07) is 13.6. The van der Waals surface area contributed by atoms with E-state index < -0.39 is 0 Å². The second-order valence-electron chi connectivity index (χ2n) is 6.04. The predicted molar refractivity (Wildman–Crippen MR) is 100 cm³/mol. The van der Waals surface area contributed by atoms with Crippen molar-refractivity contribution in [2.45, 2.75) is 32.4 Å². The number of oxazole rings is 1. The van der Waals surface area contributed by atoms with Crippen molar-refractivity contribution < 1.29 is 9.21 Å². The smallest absolute Gasteiger partial charge is 0.241 e. The molecule has 1 unspecified atom stereocenters. The van der Waals surface area contributed by atoms with Crippen LogP contribution in [-0.4, -0.2) is 16.9 Å². The van der Waals surface area contributed by atoms with Gasteiger partial charge in [-0.25, -0.2) is 4.98 Å². The molecule has 1 atom stereocenters. The summed E-state index contributed by atoms with van der Waals surface area (Å²) in [5.74, 6) is 0.682. The van der Waals surface area contributed by atoms with Gasteiger partial charge in [0.05, 0.1) is 6.04 Å². The second kappa shape index (κ2) is 7.25. The number of aromatic nitrogens is 1. The summed E-state index contributed by atoms with van der Waals surface area (Å²) < 4.78 is 5.60. The van der Waals surface area contributed by atoms with Gasteiger partial charge in [-0.1, -0.05) is 31.2 Å². The normalized spacial score (nSPS) is 16.1. The molecule has 0 spiro atoms. The first-order valence-corrected chi connectivity index (χ1v) is 8.23. The monoisotopic (exact) mass is 357 g/mol. The summed E-state index contributed by atoms with van der Waals surface area (Å²) in [6.07, 6.45) is 1.45. The Morgan fingerprint density at radius 2 is 2.08 bits per heavy atom. The average Bonchev–Trinajstić information content (AvgIpc) is 3.03. The van der Waals surface area contributed by atoms with Crippen LogP contribution in [0.4, 0.5) is 5.69 Å². The standard InChI is InChI=1S/C19H19N3O2.ClH/c1-2-18-22-15-10-14(7-8-17(15)24-18)21-19(23)16-9-12-5-3-4-6-13(12)11-20-16;/h3-8,10,16,20H,2,9,11H2,1H3,(H,21,23);1H. The Kier molecular flexibility index (Phi) is 5.06. The Balaban J connectivity index is 0.00000182. The molecule has 0 radical (unpaired) electrons. The lowest BCUT2D eigenvalue weighted by molar-refractivity contribution is -0.118. The van der Waals surface area contributed by atoms with E-state index >= 15 is 0 Å². The van der Waals surface area contributed by atoms with Crippen LogP contribution < -0.4 is 10.6 Å². The first-order valence-electron chi connectivity index (χ1n) is 8.23. The van der Waals surface area contributed by atoms with Gasteiger partial charge in [-0.05, 0) is 35.7 Å². The van der Waals surface area contributed by atoms with E-state index in [0.717, 1.165) is 29.8 Å². The minimum atomic E-state index is -0.223. The van der Waals surface area contributed by atoms with E-state index in [1.807, 2.05) is 37.3 Å². The van der Waals surface area contributed by atoms with Crippen molar-refractivity contribution in [3.05, 3.63) is 59.5 Å². The second-order valence-corrected chi connectivity index (χ2v) is 6.04. The van der Waals surface area contributed by atoms with Gasteiger partial charge in [0.1, 0.15) is 5.52 Å². The summed E-state index contributed by atoms with van der Waals surface area (Å²) in [4.78, 5) is 17.0. The number of fused-ring (bicyclic) bond motifs is 2. The first-order chi connectivity index (χ1) is 11.7. The Morgan fingerprint density at radius 1 is 1.28 bits per heavy atom. The van der Waals surface area contributed by atoms with Crippen LogP contribution in [0.2, 0.25) is 0 Å². The Labute approximate surface area is 152 Å². The molecule has 1 aromatic heterocycles. The molecule has 1 aliphatic rings. The van der Waals surface area contributed by atoms with Gasteiger partial charge in [-0.2, -0.15) is 0 Å². The fourth-order valence-electron chi connectivity index (χ4n) is 3.07. The van der Waals surface area contributed by atoms with Crippen LogP contribution in [0.15, 0.2) is 46.9 Å². The Hall–Kier alpha value is -2.37. The molecule has 0 fully saturated rings. The number of anilines is 1. The lowest BCUT2D eigenvalue weighted by Gasteiger charge is -2.25. The summed E-state index contributed by atoms with van der Waals surface area (Å²) in [7, 11) is 0. The molecule has 0 aliphatic carbocycles. The van der Waals surface area contributed by atoms with E-state index in [0.29, 0.717) is 12.3 Å². The Morgan fingerprint density at radius 3 is 2.88 bits per heavy atom. The number of amides is 1. The third-order valence-electron chi connectivity index (χ3n) is 4.40. The van der Waals surface area contributed by atoms with Crippen molar-refractivity contribution in [2.24, 2.45) is 0 Å². The molecule has 6 heteroatoms. The number of carbonyl (C=O) groups is 1. The zero-order valence-electron chi connectivity index (χ0n) is 13.9. The largest absolute Gasteiger partial charge is 0.441 e. The molecule has 4 rings (SSSR count). The third kappa shape index (κ3) is 3.52.